The third-order valence-electron chi connectivity index (χ3n) is 6.98. The molecule has 0 spiro atoms. The molecule has 0 N–H and O–H groups in total. The summed E-state index contributed by atoms with van der Waals surface area (Å²) in [6, 6.07) is 32.6. The molecule has 2 unspecified atom stereocenters. The second kappa shape index (κ2) is 10.8. The van der Waals surface area contributed by atoms with Gasteiger partial charge in [-0.2, -0.15) is 0 Å². The standard InChI is InChI=1S/C31H35N3/c1-2-3-19-34-29(21-32-31(34)27-17-11-6-12-18-27)24-33(22-25-13-7-4-8-14-25)23-28-20-30(28)26-15-9-5-10-16-26/h4-18,21,28,30H,2-3,19-20,22-24H2,1H3. The second-order valence-electron chi connectivity index (χ2n) is 9.61. The fourth-order valence-corrected chi connectivity index (χ4v) is 5.07. The summed E-state index contributed by atoms with van der Waals surface area (Å²) < 4.78 is 2.46. The number of hydrogen-bond acceptors (Lipinski definition) is 2. The Balaban J connectivity index is 1.38. The van der Waals surface area contributed by atoms with Gasteiger partial charge in [-0.15, -0.1) is 0 Å². The first kappa shape index (κ1) is 22.6. The molecule has 0 radical (unpaired) electrons. The van der Waals surface area contributed by atoms with Gasteiger partial charge in [-0.05, 0) is 35.8 Å². The van der Waals surface area contributed by atoms with Gasteiger partial charge in [0.25, 0.3) is 0 Å². The summed E-state index contributed by atoms with van der Waals surface area (Å²) in [7, 11) is 0. The van der Waals surface area contributed by atoms with Crippen LogP contribution in [0.2, 0.25) is 0 Å². The van der Waals surface area contributed by atoms with Crippen LogP contribution in [0.1, 0.15) is 48.9 Å². The van der Waals surface area contributed by atoms with Crippen LogP contribution >= 0.6 is 0 Å². The van der Waals surface area contributed by atoms with Gasteiger partial charge in [0, 0.05) is 31.7 Å². The number of unbranched alkanes of at least 4 members (excludes halogenated alkanes) is 1. The third-order valence-corrected chi connectivity index (χ3v) is 6.98. The molecule has 3 aromatic carbocycles. The zero-order valence-electron chi connectivity index (χ0n) is 20.2. The van der Waals surface area contributed by atoms with Crippen LogP contribution in [-0.4, -0.2) is 21.0 Å². The van der Waals surface area contributed by atoms with Crippen LogP contribution in [0.15, 0.2) is 97.2 Å². The van der Waals surface area contributed by atoms with Crippen molar-refractivity contribution in [3.8, 4) is 11.4 Å². The highest BCUT2D eigenvalue weighted by Gasteiger charge is 2.39. The minimum Gasteiger partial charge on any atom is -0.327 e. The number of imidazole rings is 1. The van der Waals surface area contributed by atoms with Gasteiger partial charge in [0.05, 0.1) is 11.9 Å². The van der Waals surface area contributed by atoms with E-state index in [4.69, 9.17) is 4.98 Å². The van der Waals surface area contributed by atoms with Crippen molar-refractivity contribution in [1.82, 2.24) is 14.5 Å². The van der Waals surface area contributed by atoms with Gasteiger partial charge in [-0.25, -0.2) is 4.98 Å². The number of aromatic nitrogens is 2. The van der Waals surface area contributed by atoms with Crippen LogP contribution in [0.25, 0.3) is 11.4 Å². The fourth-order valence-electron chi connectivity index (χ4n) is 5.07. The van der Waals surface area contributed by atoms with Crippen LogP contribution in [0, 0.1) is 5.92 Å². The van der Waals surface area contributed by atoms with E-state index < -0.39 is 0 Å². The van der Waals surface area contributed by atoms with E-state index in [9.17, 15) is 0 Å². The van der Waals surface area contributed by atoms with Gasteiger partial charge in [-0.3, -0.25) is 4.90 Å². The second-order valence-corrected chi connectivity index (χ2v) is 9.61. The van der Waals surface area contributed by atoms with E-state index in [0.717, 1.165) is 37.9 Å². The summed E-state index contributed by atoms with van der Waals surface area (Å²) in [5, 5.41) is 0. The lowest BCUT2D eigenvalue weighted by atomic mass is 10.1. The Morgan fingerprint density at radius 2 is 1.53 bits per heavy atom. The highest BCUT2D eigenvalue weighted by molar-refractivity contribution is 5.55. The zero-order valence-corrected chi connectivity index (χ0v) is 20.2. The Kier molecular flexibility index (Phi) is 7.21. The van der Waals surface area contributed by atoms with Crippen molar-refractivity contribution in [3.63, 3.8) is 0 Å². The molecule has 174 valence electrons. The van der Waals surface area contributed by atoms with Gasteiger partial charge >= 0.3 is 0 Å². The average molecular weight is 450 g/mol. The molecule has 4 aromatic rings. The molecule has 1 aromatic heterocycles. The highest BCUT2D eigenvalue weighted by atomic mass is 15.2. The maximum atomic E-state index is 4.89. The summed E-state index contributed by atoms with van der Waals surface area (Å²) in [6.07, 6.45) is 5.75. The molecule has 1 saturated carbocycles. The number of benzene rings is 3. The van der Waals surface area contributed by atoms with Gasteiger partial charge in [0.15, 0.2) is 0 Å². The third kappa shape index (κ3) is 5.48. The van der Waals surface area contributed by atoms with Crippen molar-refractivity contribution in [2.75, 3.05) is 6.54 Å². The molecular formula is C31H35N3. The Morgan fingerprint density at radius 1 is 0.853 bits per heavy atom. The zero-order chi connectivity index (χ0) is 23.2. The van der Waals surface area contributed by atoms with E-state index in [0.29, 0.717) is 5.92 Å². The Bertz CT molecular complexity index is 1150. The minimum atomic E-state index is 0.698. The molecule has 5 rings (SSSR count). The summed E-state index contributed by atoms with van der Waals surface area (Å²) in [4.78, 5) is 7.53. The normalized spacial score (nSPS) is 17.2. The molecule has 0 aliphatic heterocycles. The van der Waals surface area contributed by atoms with Crippen LogP contribution in [-0.2, 0) is 19.6 Å². The predicted octanol–water partition coefficient (Wildman–Crippen LogP) is 7.16. The molecule has 3 nitrogen and oxygen atoms in total. The predicted molar refractivity (Wildman–Crippen MR) is 140 cm³/mol. The van der Waals surface area contributed by atoms with E-state index in [1.807, 2.05) is 0 Å². The first-order chi connectivity index (χ1) is 16.8. The van der Waals surface area contributed by atoms with Gasteiger partial charge < -0.3 is 4.57 Å². The lowest BCUT2D eigenvalue weighted by Crippen LogP contribution is -2.27. The highest BCUT2D eigenvalue weighted by Crippen LogP contribution is 2.48. The van der Waals surface area contributed by atoms with Crippen LogP contribution in [0.4, 0.5) is 0 Å². The van der Waals surface area contributed by atoms with E-state index in [1.54, 1.807) is 0 Å². The molecule has 0 amide bonds. The lowest BCUT2D eigenvalue weighted by molar-refractivity contribution is 0.238. The van der Waals surface area contributed by atoms with Gasteiger partial charge in [0.2, 0.25) is 0 Å². The molecule has 2 atom stereocenters. The summed E-state index contributed by atoms with van der Waals surface area (Å²) in [5.41, 5.74) is 5.39. The maximum absolute atomic E-state index is 4.89. The SMILES string of the molecule is CCCCn1c(CN(Cc2ccccc2)CC2CC2c2ccccc2)cnc1-c1ccccc1. The molecule has 0 saturated heterocycles. The van der Waals surface area contributed by atoms with Crippen molar-refractivity contribution in [2.24, 2.45) is 5.92 Å². The number of nitrogens with zero attached hydrogens (tertiary/aromatic N) is 3. The molecular weight excluding hydrogens is 414 g/mol. The van der Waals surface area contributed by atoms with E-state index in [1.165, 1.54) is 41.6 Å². The fraction of sp³-hybridized carbons (Fsp3) is 0.323. The number of hydrogen-bond donors (Lipinski definition) is 0. The quantitative estimate of drug-likeness (QED) is 0.242. The van der Waals surface area contributed by atoms with E-state index in [-0.39, 0.29) is 0 Å². The monoisotopic (exact) mass is 449 g/mol. The van der Waals surface area contributed by atoms with Crippen molar-refractivity contribution in [3.05, 3.63) is 114 Å². The lowest BCUT2D eigenvalue weighted by Gasteiger charge is -2.24. The first-order valence-corrected chi connectivity index (χ1v) is 12.7. The van der Waals surface area contributed by atoms with Crippen LogP contribution in [0.3, 0.4) is 0 Å². The largest absolute Gasteiger partial charge is 0.327 e. The molecule has 1 aliphatic rings. The Hall–Kier alpha value is -3.17. The molecule has 34 heavy (non-hydrogen) atoms. The average Bonchev–Trinajstić information content (AvgIpc) is 3.55. The van der Waals surface area contributed by atoms with Crippen molar-refractivity contribution < 1.29 is 0 Å². The molecule has 1 aliphatic carbocycles. The van der Waals surface area contributed by atoms with Crippen molar-refractivity contribution in [2.45, 2.75) is 51.7 Å². The molecule has 1 heterocycles. The summed E-state index contributed by atoms with van der Waals surface area (Å²) in [5.74, 6) is 2.52. The maximum Gasteiger partial charge on any atom is 0.140 e. The molecule has 0 bridgehead atoms. The van der Waals surface area contributed by atoms with E-state index in [2.05, 4.69) is 114 Å². The molecule has 3 heteroatoms. The Labute approximate surface area is 204 Å². The Morgan fingerprint density at radius 3 is 2.24 bits per heavy atom. The smallest absolute Gasteiger partial charge is 0.140 e. The van der Waals surface area contributed by atoms with Crippen molar-refractivity contribution >= 4 is 0 Å². The van der Waals surface area contributed by atoms with Gasteiger partial charge in [-0.1, -0.05) is 104 Å². The topological polar surface area (TPSA) is 21.1 Å². The van der Waals surface area contributed by atoms with E-state index >= 15 is 0 Å². The molecule has 1 fully saturated rings. The minimum absolute atomic E-state index is 0.698. The van der Waals surface area contributed by atoms with Crippen molar-refractivity contribution in [1.29, 1.82) is 0 Å². The first-order valence-electron chi connectivity index (χ1n) is 12.7. The summed E-state index contributed by atoms with van der Waals surface area (Å²) in [6.45, 7) is 6.30. The van der Waals surface area contributed by atoms with Crippen LogP contribution in [0.5, 0.6) is 0 Å². The number of rotatable bonds is 11. The van der Waals surface area contributed by atoms with Crippen LogP contribution < -0.4 is 0 Å². The summed E-state index contributed by atoms with van der Waals surface area (Å²) >= 11 is 0. The van der Waals surface area contributed by atoms with Gasteiger partial charge in [0.1, 0.15) is 5.82 Å².